The summed E-state index contributed by atoms with van der Waals surface area (Å²) in [5, 5.41) is 3.51. The number of nitrogens with one attached hydrogen (secondary N) is 3. The van der Waals surface area contributed by atoms with Gasteiger partial charge in [-0.1, -0.05) is 6.92 Å². The van der Waals surface area contributed by atoms with Gasteiger partial charge in [-0.15, -0.1) is 0 Å². The van der Waals surface area contributed by atoms with E-state index in [2.05, 4.69) is 15.3 Å². The highest BCUT2D eigenvalue weighted by Gasteiger charge is 2.14. The number of hydrogen-bond acceptors (Lipinski definition) is 3. The summed E-state index contributed by atoms with van der Waals surface area (Å²) in [6.07, 6.45) is 1.86. The Morgan fingerprint density at radius 2 is 2.00 bits per heavy atom. The van der Waals surface area contributed by atoms with Gasteiger partial charge in [0.1, 0.15) is 5.82 Å². The monoisotopic (exact) mass is 372 g/mol. The highest BCUT2D eigenvalue weighted by Crippen LogP contribution is 2.26. The van der Waals surface area contributed by atoms with E-state index < -0.39 is 17.2 Å². The number of fused-ring (bicyclic) bond motifs is 1. The molecule has 0 radical (unpaired) electrons. The van der Waals surface area contributed by atoms with Crippen molar-refractivity contribution in [2.45, 2.75) is 33.2 Å². The van der Waals surface area contributed by atoms with Crippen molar-refractivity contribution in [1.29, 1.82) is 0 Å². The van der Waals surface area contributed by atoms with E-state index in [1.807, 2.05) is 13.8 Å². The third kappa shape index (κ3) is 3.55. The van der Waals surface area contributed by atoms with Crippen LogP contribution in [0.4, 0.5) is 4.39 Å². The number of aromatic nitrogens is 3. The lowest BCUT2D eigenvalue weighted by molar-refractivity contribution is -0.120. The number of rotatable bonds is 5. The van der Waals surface area contributed by atoms with Crippen LogP contribution in [0.2, 0.25) is 0 Å². The molecular weight excluding hydrogens is 351 g/mol. The highest BCUT2D eigenvalue weighted by molar-refractivity contribution is 5.88. The van der Waals surface area contributed by atoms with Gasteiger partial charge >= 0.3 is 5.69 Å². The van der Waals surface area contributed by atoms with E-state index >= 15 is 0 Å². The standard InChI is InChI=1S/C19H21FN4O3/c1-4-15-10(2)14-7-13(20)5-11(17(14)23-15)8-21-16(25)6-12-9-22-19(27)24(3)18(12)26/h5,7,9,23H,4,6,8H2,1-3H3,(H,21,25)(H,22,27). The molecule has 3 aromatic rings. The Kier molecular flexibility index (Phi) is 4.98. The molecule has 0 saturated carbocycles. The zero-order chi connectivity index (χ0) is 19.7. The Morgan fingerprint density at radius 3 is 2.70 bits per heavy atom. The average molecular weight is 372 g/mol. The van der Waals surface area contributed by atoms with Crippen molar-refractivity contribution in [2.24, 2.45) is 7.05 Å². The molecule has 3 rings (SSSR count). The van der Waals surface area contributed by atoms with Crippen molar-refractivity contribution in [3.63, 3.8) is 0 Å². The van der Waals surface area contributed by atoms with Crippen LogP contribution in [0, 0.1) is 12.7 Å². The molecule has 1 aromatic carbocycles. The third-order valence-corrected chi connectivity index (χ3v) is 4.75. The van der Waals surface area contributed by atoms with E-state index in [4.69, 9.17) is 0 Å². The normalized spacial score (nSPS) is 11.1. The number of aryl methyl sites for hydroxylation is 2. The fourth-order valence-electron chi connectivity index (χ4n) is 3.18. The molecule has 0 saturated heterocycles. The van der Waals surface area contributed by atoms with Crippen LogP contribution in [0.1, 0.15) is 29.3 Å². The summed E-state index contributed by atoms with van der Waals surface area (Å²) >= 11 is 0. The fraction of sp³-hybridized carbons (Fsp3) is 0.316. The molecule has 0 aliphatic rings. The fourth-order valence-corrected chi connectivity index (χ4v) is 3.18. The Bertz CT molecular complexity index is 1140. The smallest absolute Gasteiger partial charge is 0.328 e. The quantitative estimate of drug-likeness (QED) is 0.632. The zero-order valence-corrected chi connectivity index (χ0v) is 15.4. The van der Waals surface area contributed by atoms with E-state index in [1.165, 1.54) is 25.4 Å². The summed E-state index contributed by atoms with van der Waals surface area (Å²) < 4.78 is 14.9. The van der Waals surface area contributed by atoms with Crippen LogP contribution in [0.15, 0.2) is 27.9 Å². The van der Waals surface area contributed by atoms with Crippen LogP contribution >= 0.6 is 0 Å². The van der Waals surface area contributed by atoms with Crippen molar-refractivity contribution in [1.82, 2.24) is 19.9 Å². The molecule has 0 aliphatic carbocycles. The Labute approximate surface area is 154 Å². The number of nitrogens with zero attached hydrogens (tertiary/aromatic N) is 1. The van der Waals surface area contributed by atoms with Gasteiger partial charge in [0.25, 0.3) is 5.56 Å². The molecule has 142 valence electrons. The molecule has 27 heavy (non-hydrogen) atoms. The number of carbonyl (C=O) groups excluding carboxylic acids is 1. The van der Waals surface area contributed by atoms with Gasteiger partial charge in [0.2, 0.25) is 5.91 Å². The van der Waals surface area contributed by atoms with Gasteiger partial charge in [-0.25, -0.2) is 9.18 Å². The van der Waals surface area contributed by atoms with Gasteiger partial charge in [0.15, 0.2) is 0 Å². The van der Waals surface area contributed by atoms with Crippen molar-refractivity contribution in [3.05, 3.63) is 67.4 Å². The van der Waals surface area contributed by atoms with Crippen molar-refractivity contribution in [2.75, 3.05) is 0 Å². The molecule has 0 unspecified atom stereocenters. The summed E-state index contributed by atoms with van der Waals surface area (Å²) in [5.41, 5.74) is 2.58. The minimum atomic E-state index is -0.542. The van der Waals surface area contributed by atoms with Crippen LogP contribution in [0.3, 0.4) is 0 Å². The maximum Gasteiger partial charge on any atom is 0.328 e. The zero-order valence-electron chi connectivity index (χ0n) is 15.4. The van der Waals surface area contributed by atoms with Crippen LogP contribution in [0.25, 0.3) is 10.9 Å². The van der Waals surface area contributed by atoms with Gasteiger partial charge in [-0.2, -0.15) is 0 Å². The van der Waals surface area contributed by atoms with Crippen molar-refractivity contribution >= 4 is 16.8 Å². The number of halogens is 1. The second-order valence-electron chi connectivity index (χ2n) is 6.51. The number of benzene rings is 1. The summed E-state index contributed by atoms with van der Waals surface area (Å²) in [4.78, 5) is 41.3. The summed E-state index contributed by atoms with van der Waals surface area (Å²) in [6, 6.07) is 2.87. The minimum absolute atomic E-state index is 0.125. The first-order valence-corrected chi connectivity index (χ1v) is 8.65. The molecule has 0 spiro atoms. The van der Waals surface area contributed by atoms with E-state index in [-0.39, 0.29) is 24.3 Å². The summed E-state index contributed by atoms with van der Waals surface area (Å²) in [7, 11) is 1.34. The number of aromatic amines is 2. The molecule has 0 fully saturated rings. The van der Waals surface area contributed by atoms with E-state index in [0.29, 0.717) is 5.56 Å². The predicted octanol–water partition coefficient (Wildman–Crippen LogP) is 1.42. The number of H-pyrrole nitrogens is 2. The molecule has 8 heteroatoms. The largest absolute Gasteiger partial charge is 0.358 e. The maximum atomic E-state index is 14.0. The van der Waals surface area contributed by atoms with Gasteiger partial charge in [0, 0.05) is 36.4 Å². The van der Waals surface area contributed by atoms with Crippen LogP contribution in [-0.4, -0.2) is 20.4 Å². The van der Waals surface area contributed by atoms with Crippen LogP contribution in [0.5, 0.6) is 0 Å². The summed E-state index contributed by atoms with van der Waals surface area (Å²) in [6.45, 7) is 4.07. The highest BCUT2D eigenvalue weighted by atomic mass is 19.1. The number of hydrogen-bond donors (Lipinski definition) is 3. The molecule has 3 N–H and O–H groups in total. The Balaban J connectivity index is 1.81. The Hall–Kier alpha value is -3.16. The first-order valence-electron chi connectivity index (χ1n) is 8.65. The number of amides is 1. The van der Waals surface area contributed by atoms with Gasteiger partial charge in [-0.3, -0.25) is 14.2 Å². The molecule has 0 aliphatic heterocycles. The third-order valence-electron chi connectivity index (χ3n) is 4.75. The van der Waals surface area contributed by atoms with Crippen LogP contribution in [-0.2, 0) is 31.2 Å². The first kappa shape index (κ1) is 18.6. The first-order chi connectivity index (χ1) is 12.8. The molecule has 2 heterocycles. The van der Waals surface area contributed by atoms with Crippen molar-refractivity contribution < 1.29 is 9.18 Å². The second kappa shape index (κ2) is 7.22. The summed E-state index contributed by atoms with van der Waals surface area (Å²) in [5.74, 6) is -0.762. The van der Waals surface area contributed by atoms with Crippen molar-refractivity contribution in [3.8, 4) is 0 Å². The molecule has 2 aromatic heterocycles. The van der Waals surface area contributed by atoms with Gasteiger partial charge in [0.05, 0.1) is 11.9 Å². The van der Waals surface area contributed by atoms with E-state index in [0.717, 1.165) is 33.1 Å². The average Bonchev–Trinajstić information content (AvgIpc) is 2.96. The predicted molar refractivity (Wildman–Crippen MR) is 100 cm³/mol. The molecule has 1 amide bonds. The molecule has 7 nitrogen and oxygen atoms in total. The number of carbonyl (C=O) groups is 1. The maximum absolute atomic E-state index is 14.0. The topological polar surface area (TPSA) is 99.8 Å². The lowest BCUT2D eigenvalue weighted by Crippen LogP contribution is -2.36. The van der Waals surface area contributed by atoms with Gasteiger partial charge in [-0.05, 0) is 36.6 Å². The lowest BCUT2D eigenvalue weighted by Gasteiger charge is -2.08. The lowest BCUT2D eigenvalue weighted by atomic mass is 10.1. The van der Waals surface area contributed by atoms with Crippen LogP contribution < -0.4 is 16.6 Å². The second-order valence-corrected chi connectivity index (χ2v) is 6.51. The molecule has 0 bridgehead atoms. The molecule has 0 atom stereocenters. The van der Waals surface area contributed by atoms with Gasteiger partial charge < -0.3 is 15.3 Å². The van der Waals surface area contributed by atoms with E-state index in [1.54, 1.807) is 0 Å². The Morgan fingerprint density at radius 1 is 1.26 bits per heavy atom. The minimum Gasteiger partial charge on any atom is -0.358 e. The SMILES string of the molecule is CCc1[nH]c2c(CNC(=O)Cc3c[nH]c(=O)n(C)c3=O)cc(F)cc2c1C. The molecular formula is C19H21FN4O3. The van der Waals surface area contributed by atoms with E-state index in [9.17, 15) is 18.8 Å².